The molecule has 0 radical (unpaired) electrons. The quantitative estimate of drug-likeness (QED) is 0.218. The Balaban J connectivity index is 1.89. The van der Waals surface area contributed by atoms with Gasteiger partial charge < -0.3 is 14.2 Å². The van der Waals surface area contributed by atoms with Gasteiger partial charge in [-0.1, -0.05) is 29.3 Å². The maximum absolute atomic E-state index is 13.5. The molecule has 0 atom stereocenters. The summed E-state index contributed by atoms with van der Waals surface area (Å²) in [6, 6.07) is 13.3. The third-order valence-corrected chi connectivity index (χ3v) is 6.84. The number of anilines is 1. The van der Waals surface area contributed by atoms with E-state index < -0.39 is 5.97 Å². The topological polar surface area (TPSA) is 51.5 Å². The summed E-state index contributed by atoms with van der Waals surface area (Å²) < 4.78 is 6.96. The molecule has 35 heavy (non-hydrogen) atoms. The maximum Gasteiger partial charge on any atom is 0.343 e. The largest absolute Gasteiger partial charge is 0.465 e. The van der Waals surface area contributed by atoms with E-state index in [4.69, 9.17) is 27.9 Å². The van der Waals surface area contributed by atoms with Crippen LogP contribution < -0.4 is 4.90 Å². The first kappa shape index (κ1) is 24.8. The Hall–Kier alpha value is -3.28. The summed E-state index contributed by atoms with van der Waals surface area (Å²) in [5, 5.41) is 1.07. The molecule has 4 rings (SSSR count). The van der Waals surface area contributed by atoms with E-state index in [1.807, 2.05) is 79.6 Å². The Kier molecular flexibility index (Phi) is 6.67. The number of aryl methyl sites for hydroxylation is 3. The first-order valence-electron chi connectivity index (χ1n) is 11.1. The van der Waals surface area contributed by atoms with E-state index in [0.717, 1.165) is 39.5 Å². The van der Waals surface area contributed by atoms with Gasteiger partial charge in [0, 0.05) is 38.5 Å². The molecule has 3 aromatic rings. The average molecular weight is 509 g/mol. The van der Waals surface area contributed by atoms with Crippen molar-refractivity contribution < 1.29 is 14.3 Å². The molecule has 0 saturated heterocycles. The second-order valence-corrected chi connectivity index (χ2v) is 9.58. The van der Waals surface area contributed by atoms with Crippen LogP contribution in [0.15, 0.2) is 59.4 Å². The maximum atomic E-state index is 13.5. The monoisotopic (exact) mass is 508 g/mol. The van der Waals surface area contributed by atoms with Gasteiger partial charge in [-0.25, -0.2) is 4.79 Å². The number of rotatable bonds is 4. The minimum absolute atomic E-state index is 0.0346. The number of carbonyl (C=O) groups excluding carboxylic acids is 2. The first-order chi connectivity index (χ1) is 16.5. The van der Waals surface area contributed by atoms with Crippen LogP contribution in [0.5, 0.6) is 0 Å². The van der Waals surface area contributed by atoms with Gasteiger partial charge in [0.1, 0.15) is 5.57 Å². The normalized spacial score (nSPS) is 14.9. The average Bonchev–Trinajstić information content (AvgIpc) is 3.20. The molecule has 0 amide bonds. The van der Waals surface area contributed by atoms with Crippen molar-refractivity contribution in [3.63, 3.8) is 0 Å². The fourth-order valence-electron chi connectivity index (χ4n) is 4.50. The smallest absolute Gasteiger partial charge is 0.343 e. The lowest BCUT2D eigenvalue weighted by atomic mass is 10.1. The van der Waals surface area contributed by atoms with E-state index in [9.17, 15) is 9.59 Å². The van der Waals surface area contributed by atoms with Crippen LogP contribution in [0.4, 0.5) is 5.69 Å². The van der Waals surface area contributed by atoms with Gasteiger partial charge in [-0.05, 0) is 93.8 Å². The predicted octanol–water partition coefficient (Wildman–Crippen LogP) is 6.89. The van der Waals surface area contributed by atoms with Crippen molar-refractivity contribution in [2.75, 3.05) is 12.0 Å². The molecule has 0 spiro atoms. The van der Waals surface area contributed by atoms with E-state index >= 15 is 0 Å². The van der Waals surface area contributed by atoms with E-state index in [1.165, 1.54) is 7.11 Å². The number of aromatic nitrogens is 1. The number of allylic oxidation sites excluding steroid dienone is 2. The second kappa shape index (κ2) is 9.40. The molecule has 2 heterocycles. The Morgan fingerprint density at radius 1 is 0.886 bits per heavy atom. The minimum atomic E-state index is -0.649. The van der Waals surface area contributed by atoms with Crippen LogP contribution in [-0.2, 0) is 14.3 Å². The number of esters is 1. The lowest BCUT2D eigenvalue weighted by molar-refractivity contribution is -0.137. The number of halogens is 2. The number of ketones is 1. The van der Waals surface area contributed by atoms with Crippen LogP contribution in [0.2, 0.25) is 10.0 Å². The predicted molar refractivity (Wildman–Crippen MR) is 141 cm³/mol. The molecule has 1 aromatic heterocycles. The third kappa shape index (κ3) is 4.42. The van der Waals surface area contributed by atoms with E-state index in [0.29, 0.717) is 21.4 Å². The number of hydrogen-bond acceptors (Lipinski definition) is 4. The third-order valence-electron chi connectivity index (χ3n) is 6.40. The van der Waals surface area contributed by atoms with Crippen LogP contribution >= 0.6 is 23.2 Å². The van der Waals surface area contributed by atoms with Gasteiger partial charge in [0.05, 0.1) is 12.8 Å². The van der Waals surface area contributed by atoms with Crippen molar-refractivity contribution in [1.29, 1.82) is 0 Å². The number of Topliss-reactive ketones (excluding diaryl/α,β-unsaturated/α-hetero) is 1. The van der Waals surface area contributed by atoms with Gasteiger partial charge in [-0.3, -0.25) is 4.79 Å². The fourth-order valence-corrected chi connectivity index (χ4v) is 5.02. The summed E-state index contributed by atoms with van der Waals surface area (Å²) in [6.45, 7) is 9.76. The highest BCUT2D eigenvalue weighted by Crippen LogP contribution is 2.37. The van der Waals surface area contributed by atoms with E-state index in [1.54, 1.807) is 13.0 Å². The van der Waals surface area contributed by atoms with Crippen molar-refractivity contribution >= 4 is 46.7 Å². The molecule has 0 bridgehead atoms. The Morgan fingerprint density at radius 3 is 2.14 bits per heavy atom. The summed E-state index contributed by atoms with van der Waals surface area (Å²) >= 11 is 12.5. The van der Waals surface area contributed by atoms with Gasteiger partial charge in [-0.2, -0.15) is 0 Å². The van der Waals surface area contributed by atoms with Gasteiger partial charge in [-0.15, -0.1) is 0 Å². The molecule has 1 aliphatic rings. The Labute approximate surface area is 215 Å². The Morgan fingerprint density at radius 2 is 1.54 bits per heavy atom. The van der Waals surface area contributed by atoms with Crippen molar-refractivity contribution in [3.8, 4) is 5.69 Å². The van der Waals surface area contributed by atoms with E-state index in [2.05, 4.69) is 0 Å². The summed E-state index contributed by atoms with van der Waals surface area (Å²) in [6.07, 6.45) is 1.82. The molecule has 5 nitrogen and oxygen atoms in total. The van der Waals surface area contributed by atoms with Crippen LogP contribution in [0.25, 0.3) is 11.8 Å². The Bertz CT molecular complexity index is 1430. The number of nitrogens with zero attached hydrogens (tertiary/aromatic N) is 2. The van der Waals surface area contributed by atoms with Gasteiger partial charge in [0.25, 0.3) is 0 Å². The molecule has 2 aromatic carbocycles. The summed E-state index contributed by atoms with van der Waals surface area (Å²) in [4.78, 5) is 27.9. The standard InChI is InChI=1S/C28H26Cl2N2O3/c1-15-7-8-23(9-16(15)2)32-19(5)26(28(34)35-6)27(33)25(32)11-20-10-17(3)31(18(20)4)24-13-21(29)12-22(30)14-24/h7-14H,1-6H3/b25-11-. The summed E-state index contributed by atoms with van der Waals surface area (Å²) in [7, 11) is 1.28. The minimum Gasteiger partial charge on any atom is -0.465 e. The van der Waals surface area contributed by atoms with Crippen LogP contribution in [0, 0.1) is 27.7 Å². The highest BCUT2D eigenvalue weighted by atomic mass is 35.5. The highest BCUT2D eigenvalue weighted by molar-refractivity contribution is 6.35. The molecular weight excluding hydrogens is 483 g/mol. The van der Waals surface area contributed by atoms with Crippen LogP contribution in [0.1, 0.15) is 35.0 Å². The number of methoxy groups -OCH3 is 1. The lowest BCUT2D eigenvalue weighted by Crippen LogP contribution is -2.18. The molecule has 0 fully saturated rings. The van der Waals surface area contributed by atoms with Gasteiger partial charge in [0.15, 0.2) is 0 Å². The zero-order chi connectivity index (χ0) is 25.6. The lowest BCUT2D eigenvalue weighted by Gasteiger charge is -2.22. The fraction of sp³-hybridized carbons (Fsp3) is 0.214. The molecule has 0 saturated carbocycles. The number of hydrogen-bond donors (Lipinski definition) is 0. The molecule has 180 valence electrons. The summed E-state index contributed by atoms with van der Waals surface area (Å²) in [5.74, 6) is -1.02. The molecule has 0 N–H and O–H groups in total. The number of ether oxygens (including phenoxy) is 1. The van der Waals surface area contributed by atoms with Crippen molar-refractivity contribution in [2.45, 2.75) is 34.6 Å². The zero-order valence-electron chi connectivity index (χ0n) is 20.5. The van der Waals surface area contributed by atoms with Crippen molar-refractivity contribution in [3.05, 3.63) is 97.6 Å². The zero-order valence-corrected chi connectivity index (χ0v) is 22.0. The summed E-state index contributed by atoms with van der Waals surface area (Å²) in [5.41, 5.74) is 7.52. The first-order valence-corrected chi connectivity index (χ1v) is 11.9. The molecule has 1 aliphatic heterocycles. The number of benzene rings is 2. The van der Waals surface area contributed by atoms with E-state index in [-0.39, 0.29) is 11.4 Å². The number of carbonyl (C=O) groups is 2. The van der Waals surface area contributed by atoms with Crippen molar-refractivity contribution in [2.24, 2.45) is 0 Å². The molecular formula is C28H26Cl2N2O3. The second-order valence-electron chi connectivity index (χ2n) is 8.70. The molecule has 0 aliphatic carbocycles. The SMILES string of the molecule is COC(=O)C1=C(C)N(c2ccc(C)c(C)c2)/C(=C\c2cc(C)n(-c3cc(Cl)cc(Cl)c3)c2C)C1=O. The van der Waals surface area contributed by atoms with Crippen molar-refractivity contribution in [1.82, 2.24) is 4.57 Å². The molecule has 0 unspecified atom stereocenters. The molecule has 7 heteroatoms. The highest BCUT2D eigenvalue weighted by Gasteiger charge is 2.38. The van der Waals surface area contributed by atoms with Gasteiger partial charge in [0.2, 0.25) is 5.78 Å². The van der Waals surface area contributed by atoms with Crippen LogP contribution in [0.3, 0.4) is 0 Å². The van der Waals surface area contributed by atoms with Crippen LogP contribution in [-0.4, -0.2) is 23.4 Å². The van der Waals surface area contributed by atoms with Gasteiger partial charge >= 0.3 is 5.97 Å².